The molecule has 204 valence electrons. The number of amides is 4. The molecule has 0 aliphatic carbocycles. The largest absolute Gasteiger partial charge is 0.370 e. The van der Waals surface area contributed by atoms with E-state index in [9.17, 15) is 19.2 Å². The van der Waals surface area contributed by atoms with Crippen LogP contribution in [0.1, 0.15) is 57.8 Å². The lowest BCUT2D eigenvalue weighted by Crippen LogP contribution is -2.57. The van der Waals surface area contributed by atoms with Crippen LogP contribution < -0.4 is 33.6 Å². The van der Waals surface area contributed by atoms with Crippen LogP contribution in [-0.2, 0) is 19.2 Å². The third-order valence-corrected chi connectivity index (χ3v) is 6.82. The molecule has 0 bridgehead atoms. The highest BCUT2D eigenvalue weighted by atomic mass is 16.2. The average Bonchev–Trinajstić information content (AvgIpc) is 3.55. The number of likely N-dealkylation sites (tertiary alicyclic amines) is 2. The number of aliphatic imine (C=N–C) groups is 1. The number of primary amides is 1. The number of carbonyl (C=O) groups excluding carboxylic acids is 4. The maximum absolute atomic E-state index is 13.3. The van der Waals surface area contributed by atoms with Gasteiger partial charge in [-0.1, -0.05) is 0 Å². The van der Waals surface area contributed by atoms with E-state index in [1.807, 2.05) is 0 Å². The molecule has 4 atom stereocenters. The van der Waals surface area contributed by atoms with Crippen molar-refractivity contribution in [1.82, 2.24) is 20.4 Å². The summed E-state index contributed by atoms with van der Waals surface area (Å²) in [5.41, 5.74) is 22.8. The van der Waals surface area contributed by atoms with E-state index >= 15 is 0 Å². The van der Waals surface area contributed by atoms with Crippen molar-refractivity contribution in [2.45, 2.75) is 82.0 Å². The first-order chi connectivity index (χ1) is 17.2. The number of rotatable bonds is 13. The standard InChI is InChI=1S/C23H43N9O4/c1-28-23(27)29-12-4-7-15(25)21(35)32-14-6-10-18(32)20(34)30-16(8-2-3-11-24)22(36)31-13-5-9-17(31)19(26)33/h15-18H,2-14,24-25H2,1H3,(H2,26,33)(H,30,34)(H3,27,28,29)/t15-,16?,17?,18?/m0/s1. The van der Waals surface area contributed by atoms with E-state index < -0.39 is 30.1 Å². The van der Waals surface area contributed by atoms with Gasteiger partial charge in [0.2, 0.25) is 23.6 Å². The second-order valence-corrected chi connectivity index (χ2v) is 9.41. The van der Waals surface area contributed by atoms with Crippen molar-refractivity contribution >= 4 is 29.6 Å². The minimum Gasteiger partial charge on any atom is -0.370 e. The first-order valence-electron chi connectivity index (χ1n) is 12.8. The zero-order chi connectivity index (χ0) is 26.7. The summed E-state index contributed by atoms with van der Waals surface area (Å²) in [5.74, 6) is -1.23. The third-order valence-electron chi connectivity index (χ3n) is 6.82. The first-order valence-corrected chi connectivity index (χ1v) is 12.8. The van der Waals surface area contributed by atoms with E-state index in [0.717, 1.165) is 0 Å². The molecule has 13 heteroatoms. The molecule has 0 radical (unpaired) electrons. The molecule has 10 N–H and O–H groups in total. The Labute approximate surface area is 212 Å². The van der Waals surface area contributed by atoms with Crippen molar-refractivity contribution in [3.8, 4) is 0 Å². The van der Waals surface area contributed by atoms with Gasteiger partial charge in [-0.05, 0) is 64.3 Å². The van der Waals surface area contributed by atoms with Crippen molar-refractivity contribution < 1.29 is 19.2 Å². The van der Waals surface area contributed by atoms with Crippen molar-refractivity contribution in [2.75, 3.05) is 33.2 Å². The van der Waals surface area contributed by atoms with Gasteiger partial charge in [-0.2, -0.15) is 0 Å². The molecular weight excluding hydrogens is 466 g/mol. The molecule has 2 aliphatic rings. The van der Waals surface area contributed by atoms with Crippen LogP contribution in [0.3, 0.4) is 0 Å². The van der Waals surface area contributed by atoms with E-state index in [-0.39, 0.29) is 17.7 Å². The molecule has 2 saturated heterocycles. The molecular formula is C23H43N9O4. The fourth-order valence-corrected chi connectivity index (χ4v) is 4.80. The maximum atomic E-state index is 13.3. The summed E-state index contributed by atoms with van der Waals surface area (Å²) in [4.78, 5) is 58.2. The molecule has 0 spiro atoms. The zero-order valence-electron chi connectivity index (χ0n) is 21.3. The number of guanidine groups is 1. The predicted molar refractivity (Wildman–Crippen MR) is 136 cm³/mol. The van der Waals surface area contributed by atoms with Gasteiger partial charge in [0.05, 0.1) is 6.04 Å². The smallest absolute Gasteiger partial charge is 0.245 e. The molecule has 0 aromatic heterocycles. The molecule has 3 unspecified atom stereocenters. The van der Waals surface area contributed by atoms with Gasteiger partial charge in [0.25, 0.3) is 0 Å². The molecule has 0 aromatic carbocycles. The van der Waals surface area contributed by atoms with Crippen molar-refractivity contribution in [2.24, 2.45) is 27.9 Å². The number of hydrogen-bond donors (Lipinski definition) is 6. The van der Waals surface area contributed by atoms with Crippen LogP contribution in [0.15, 0.2) is 4.99 Å². The molecule has 0 saturated carbocycles. The number of hydrogen-bond acceptors (Lipinski definition) is 7. The highest BCUT2D eigenvalue weighted by molar-refractivity contribution is 5.95. The molecule has 13 nitrogen and oxygen atoms in total. The Morgan fingerprint density at radius 3 is 2.19 bits per heavy atom. The van der Waals surface area contributed by atoms with Gasteiger partial charge < -0.3 is 43.4 Å². The topological polar surface area (TPSA) is 215 Å². The molecule has 2 aliphatic heterocycles. The lowest BCUT2D eigenvalue weighted by Gasteiger charge is -2.31. The molecule has 0 aromatic rings. The second-order valence-electron chi connectivity index (χ2n) is 9.41. The average molecular weight is 510 g/mol. The summed E-state index contributed by atoms with van der Waals surface area (Å²) < 4.78 is 0. The number of nitrogens with zero attached hydrogens (tertiary/aromatic N) is 3. The number of carbonyl (C=O) groups is 4. The van der Waals surface area contributed by atoms with Crippen LogP contribution in [-0.4, -0.2) is 96.8 Å². The van der Waals surface area contributed by atoms with E-state index in [4.69, 9.17) is 22.9 Å². The van der Waals surface area contributed by atoms with Crippen LogP contribution in [0.2, 0.25) is 0 Å². The van der Waals surface area contributed by atoms with Crippen LogP contribution in [0.25, 0.3) is 0 Å². The maximum Gasteiger partial charge on any atom is 0.245 e. The highest BCUT2D eigenvalue weighted by Crippen LogP contribution is 2.22. The Balaban J connectivity index is 2.01. The van der Waals surface area contributed by atoms with Crippen molar-refractivity contribution in [3.63, 3.8) is 0 Å². The first kappa shape index (κ1) is 29.3. The Morgan fingerprint density at radius 2 is 1.58 bits per heavy atom. The lowest BCUT2D eigenvalue weighted by molar-refractivity contribution is -0.143. The van der Waals surface area contributed by atoms with Crippen LogP contribution >= 0.6 is 0 Å². The third kappa shape index (κ3) is 8.05. The van der Waals surface area contributed by atoms with Gasteiger partial charge in [-0.3, -0.25) is 24.2 Å². The number of nitrogens with one attached hydrogen (secondary N) is 2. The summed E-state index contributed by atoms with van der Waals surface area (Å²) in [6.07, 6.45) is 5.13. The van der Waals surface area contributed by atoms with E-state index in [1.165, 1.54) is 9.80 Å². The van der Waals surface area contributed by atoms with Gasteiger partial charge in [0, 0.05) is 26.7 Å². The fourth-order valence-electron chi connectivity index (χ4n) is 4.80. The lowest BCUT2D eigenvalue weighted by atomic mass is 10.1. The summed E-state index contributed by atoms with van der Waals surface area (Å²) in [5, 5.41) is 5.77. The Morgan fingerprint density at radius 1 is 0.944 bits per heavy atom. The van der Waals surface area contributed by atoms with Crippen molar-refractivity contribution in [3.05, 3.63) is 0 Å². The Bertz CT molecular complexity index is 806. The normalized spacial score (nSPS) is 21.8. The molecule has 2 fully saturated rings. The van der Waals surface area contributed by atoms with Gasteiger partial charge in [0.15, 0.2) is 5.96 Å². The van der Waals surface area contributed by atoms with E-state index in [1.54, 1.807) is 7.05 Å². The Kier molecular flexibility index (Phi) is 11.9. The minimum atomic E-state index is -0.813. The highest BCUT2D eigenvalue weighted by Gasteiger charge is 2.40. The van der Waals surface area contributed by atoms with Gasteiger partial charge in [0.1, 0.15) is 18.1 Å². The number of unbranched alkanes of at least 4 members (excludes halogenated alkanes) is 1. The molecule has 4 amide bonds. The van der Waals surface area contributed by atoms with E-state index in [2.05, 4.69) is 15.6 Å². The predicted octanol–water partition coefficient (Wildman–Crippen LogP) is -2.29. The van der Waals surface area contributed by atoms with Gasteiger partial charge in [-0.25, -0.2) is 0 Å². The minimum absolute atomic E-state index is 0.288. The monoisotopic (exact) mass is 509 g/mol. The SMILES string of the molecule is CN=C(N)NCCC[C@H](N)C(=O)N1CCCC1C(=O)NC(CCCCN)C(=O)N1CCCC1C(N)=O. The Hall–Kier alpha value is -2.93. The van der Waals surface area contributed by atoms with Gasteiger partial charge >= 0.3 is 0 Å². The molecule has 2 rings (SSSR count). The van der Waals surface area contributed by atoms with Crippen LogP contribution in [0.5, 0.6) is 0 Å². The second kappa shape index (κ2) is 14.6. The van der Waals surface area contributed by atoms with Gasteiger partial charge in [-0.15, -0.1) is 0 Å². The fraction of sp³-hybridized carbons (Fsp3) is 0.783. The van der Waals surface area contributed by atoms with Crippen molar-refractivity contribution in [1.29, 1.82) is 0 Å². The number of nitrogens with two attached hydrogens (primary N) is 4. The summed E-state index contributed by atoms with van der Waals surface area (Å²) in [6, 6.07) is -2.92. The van der Waals surface area contributed by atoms with E-state index in [0.29, 0.717) is 89.9 Å². The zero-order valence-corrected chi connectivity index (χ0v) is 21.3. The molecule has 2 heterocycles. The summed E-state index contributed by atoms with van der Waals surface area (Å²) >= 11 is 0. The van der Waals surface area contributed by atoms with Crippen LogP contribution in [0, 0.1) is 0 Å². The summed E-state index contributed by atoms with van der Waals surface area (Å²) in [6.45, 7) is 1.85. The quantitative estimate of drug-likeness (QED) is 0.0900. The summed E-state index contributed by atoms with van der Waals surface area (Å²) in [7, 11) is 1.58. The van der Waals surface area contributed by atoms with Crippen LogP contribution in [0.4, 0.5) is 0 Å². The molecule has 36 heavy (non-hydrogen) atoms.